The number of benzene rings is 2. The number of nitrogens with zero attached hydrogens (tertiary/aromatic N) is 4. The SMILES string of the molecule is [CH2][C@@H]1C[C@@H](Nc2ccnc3cc(-c4ccc(N(C)C)c5ccccc45)nn23)[C@H](O)[C@@H]1O. The zero-order valence-electron chi connectivity index (χ0n) is 17.6. The fourth-order valence-electron chi connectivity index (χ4n) is 4.49. The van der Waals surface area contributed by atoms with Crippen LogP contribution in [0.5, 0.6) is 0 Å². The van der Waals surface area contributed by atoms with E-state index in [1.54, 1.807) is 10.7 Å². The first-order valence-electron chi connectivity index (χ1n) is 10.4. The highest BCUT2D eigenvalue weighted by Crippen LogP contribution is 2.34. The van der Waals surface area contributed by atoms with E-state index in [2.05, 4.69) is 46.4 Å². The number of aromatic nitrogens is 3. The Labute approximate surface area is 181 Å². The molecular weight excluding hydrogens is 390 g/mol. The van der Waals surface area contributed by atoms with Gasteiger partial charge in [0.1, 0.15) is 11.9 Å². The molecule has 1 aliphatic carbocycles. The van der Waals surface area contributed by atoms with Gasteiger partial charge in [-0.15, -0.1) is 0 Å². The number of anilines is 2. The maximum Gasteiger partial charge on any atom is 0.157 e. The lowest BCUT2D eigenvalue weighted by atomic mass is 10.0. The molecule has 7 heteroatoms. The van der Waals surface area contributed by atoms with Gasteiger partial charge < -0.3 is 20.4 Å². The van der Waals surface area contributed by atoms with E-state index in [1.807, 2.05) is 38.4 Å². The Morgan fingerprint density at radius 2 is 1.84 bits per heavy atom. The normalized spacial score (nSPS) is 23.5. The van der Waals surface area contributed by atoms with Crippen LogP contribution in [-0.2, 0) is 0 Å². The fourth-order valence-corrected chi connectivity index (χ4v) is 4.49. The van der Waals surface area contributed by atoms with Gasteiger partial charge in [0, 0.05) is 43.0 Å². The van der Waals surface area contributed by atoms with Crippen LogP contribution in [0.4, 0.5) is 11.5 Å². The standard InChI is InChI=1S/C24H26N5O2/c1-14-12-19(24(31)23(14)30)26-21-10-11-25-22-13-18(27-29(21)22)16-8-9-20(28(2)3)17-7-5-4-6-15(16)17/h4-11,13-14,19,23-24,26,30-31H,1,12H2,2-3H3/t14-,19-,23-,24+/m1/s1. The molecule has 1 saturated carbocycles. The van der Waals surface area contributed by atoms with Gasteiger partial charge >= 0.3 is 0 Å². The lowest BCUT2D eigenvalue weighted by Gasteiger charge is -2.19. The second-order valence-electron chi connectivity index (χ2n) is 8.43. The highest BCUT2D eigenvalue weighted by atomic mass is 16.3. The Kier molecular flexibility index (Phi) is 4.79. The van der Waals surface area contributed by atoms with Crippen molar-refractivity contribution >= 4 is 27.9 Å². The van der Waals surface area contributed by atoms with Gasteiger partial charge in [0.05, 0.1) is 17.8 Å². The van der Waals surface area contributed by atoms with Gasteiger partial charge in [-0.1, -0.05) is 30.3 Å². The van der Waals surface area contributed by atoms with E-state index < -0.39 is 12.2 Å². The molecule has 159 valence electrons. The minimum atomic E-state index is -0.872. The molecule has 0 saturated heterocycles. The molecule has 3 N–H and O–H groups in total. The number of fused-ring (bicyclic) bond motifs is 2. The first-order valence-corrected chi connectivity index (χ1v) is 10.4. The van der Waals surface area contributed by atoms with E-state index in [0.717, 1.165) is 33.5 Å². The predicted molar refractivity (Wildman–Crippen MR) is 123 cm³/mol. The van der Waals surface area contributed by atoms with Crippen molar-refractivity contribution in [3.63, 3.8) is 0 Å². The van der Waals surface area contributed by atoms with Gasteiger partial charge in [-0.2, -0.15) is 9.61 Å². The third-order valence-corrected chi connectivity index (χ3v) is 6.15. The molecule has 1 aliphatic rings. The van der Waals surface area contributed by atoms with Crippen LogP contribution in [0.2, 0.25) is 0 Å². The van der Waals surface area contributed by atoms with E-state index in [0.29, 0.717) is 12.1 Å². The molecule has 0 amide bonds. The predicted octanol–water partition coefficient (Wildman–Crippen LogP) is 2.97. The van der Waals surface area contributed by atoms with E-state index in [4.69, 9.17) is 5.10 Å². The van der Waals surface area contributed by atoms with Crippen LogP contribution in [0.15, 0.2) is 54.7 Å². The largest absolute Gasteiger partial charge is 0.390 e. The molecule has 0 unspecified atom stereocenters. The summed E-state index contributed by atoms with van der Waals surface area (Å²) >= 11 is 0. The molecule has 4 aromatic rings. The van der Waals surface area contributed by atoms with Crippen LogP contribution < -0.4 is 10.2 Å². The van der Waals surface area contributed by atoms with Crippen molar-refractivity contribution < 1.29 is 10.2 Å². The molecule has 31 heavy (non-hydrogen) atoms. The molecule has 0 spiro atoms. The number of rotatable bonds is 4. The number of hydrogen-bond donors (Lipinski definition) is 3. The van der Waals surface area contributed by atoms with Crippen LogP contribution in [0.25, 0.3) is 27.7 Å². The molecule has 1 radical (unpaired) electrons. The molecule has 0 aliphatic heterocycles. The monoisotopic (exact) mass is 416 g/mol. The number of hydrogen-bond acceptors (Lipinski definition) is 6. The van der Waals surface area contributed by atoms with Gasteiger partial charge in [0.25, 0.3) is 0 Å². The van der Waals surface area contributed by atoms with E-state index in [9.17, 15) is 10.2 Å². The maximum absolute atomic E-state index is 10.3. The Bertz CT molecular complexity index is 1250. The lowest BCUT2D eigenvalue weighted by molar-refractivity contribution is 0.0256. The Balaban J connectivity index is 1.58. The highest BCUT2D eigenvalue weighted by molar-refractivity contribution is 6.03. The van der Waals surface area contributed by atoms with Crippen LogP contribution >= 0.6 is 0 Å². The number of aliphatic hydroxyl groups excluding tert-OH is 2. The molecular formula is C24H26N5O2. The lowest BCUT2D eigenvalue weighted by Crippen LogP contribution is -2.35. The summed E-state index contributed by atoms with van der Waals surface area (Å²) in [4.78, 5) is 6.57. The molecule has 4 atom stereocenters. The summed E-state index contributed by atoms with van der Waals surface area (Å²) in [7, 11) is 4.08. The smallest absolute Gasteiger partial charge is 0.157 e. The summed E-state index contributed by atoms with van der Waals surface area (Å²) in [6, 6.07) is 16.0. The average molecular weight is 417 g/mol. The van der Waals surface area contributed by atoms with Crippen molar-refractivity contribution in [1.29, 1.82) is 0 Å². The molecule has 7 nitrogen and oxygen atoms in total. The van der Waals surface area contributed by atoms with Gasteiger partial charge in [-0.3, -0.25) is 0 Å². The van der Waals surface area contributed by atoms with E-state index >= 15 is 0 Å². The number of aliphatic hydroxyl groups is 2. The number of nitrogens with one attached hydrogen (secondary N) is 1. The fraction of sp³-hybridized carbons (Fsp3) is 0.292. The molecule has 1 fully saturated rings. The van der Waals surface area contributed by atoms with Crippen molar-refractivity contribution in [3.8, 4) is 11.3 Å². The Morgan fingerprint density at radius 3 is 2.55 bits per heavy atom. The first kappa shape index (κ1) is 19.8. The Morgan fingerprint density at radius 1 is 1.06 bits per heavy atom. The zero-order chi connectivity index (χ0) is 21.7. The molecule has 0 bridgehead atoms. The van der Waals surface area contributed by atoms with Crippen LogP contribution in [-0.4, -0.2) is 57.2 Å². The molecule has 5 rings (SSSR count). The second-order valence-corrected chi connectivity index (χ2v) is 8.43. The third kappa shape index (κ3) is 3.30. The van der Waals surface area contributed by atoms with E-state index in [-0.39, 0.29) is 12.0 Å². The quantitative estimate of drug-likeness (QED) is 0.474. The summed E-state index contributed by atoms with van der Waals surface area (Å²) in [5.41, 5.74) is 3.72. The first-order chi connectivity index (χ1) is 14.9. The topological polar surface area (TPSA) is 85.9 Å². The van der Waals surface area contributed by atoms with Gasteiger partial charge in [-0.05, 0) is 36.8 Å². The van der Waals surface area contributed by atoms with Crippen LogP contribution in [0.1, 0.15) is 6.42 Å². The van der Waals surface area contributed by atoms with Crippen molar-refractivity contribution in [2.45, 2.75) is 24.7 Å². The highest BCUT2D eigenvalue weighted by Gasteiger charge is 2.39. The van der Waals surface area contributed by atoms with Crippen molar-refractivity contribution in [3.05, 3.63) is 61.7 Å². The van der Waals surface area contributed by atoms with Crippen molar-refractivity contribution in [1.82, 2.24) is 14.6 Å². The van der Waals surface area contributed by atoms with Crippen molar-refractivity contribution in [2.24, 2.45) is 5.92 Å². The maximum atomic E-state index is 10.3. The molecule has 2 aromatic carbocycles. The van der Waals surface area contributed by atoms with Gasteiger partial charge in [0.2, 0.25) is 0 Å². The van der Waals surface area contributed by atoms with Crippen LogP contribution in [0, 0.1) is 12.8 Å². The third-order valence-electron chi connectivity index (χ3n) is 6.15. The van der Waals surface area contributed by atoms with Gasteiger partial charge in [-0.25, -0.2) is 4.98 Å². The summed E-state index contributed by atoms with van der Waals surface area (Å²) in [5.74, 6) is 0.510. The summed E-state index contributed by atoms with van der Waals surface area (Å²) in [6.07, 6.45) is 0.597. The van der Waals surface area contributed by atoms with Gasteiger partial charge in [0.15, 0.2) is 5.65 Å². The summed E-state index contributed by atoms with van der Waals surface area (Å²) < 4.78 is 1.75. The summed E-state index contributed by atoms with van der Waals surface area (Å²) in [6.45, 7) is 3.93. The van der Waals surface area contributed by atoms with Crippen LogP contribution in [0.3, 0.4) is 0 Å². The van der Waals surface area contributed by atoms with E-state index in [1.165, 1.54) is 0 Å². The summed E-state index contributed by atoms with van der Waals surface area (Å²) in [5, 5.41) is 30.8. The van der Waals surface area contributed by atoms with Crippen molar-refractivity contribution in [2.75, 3.05) is 24.3 Å². The average Bonchev–Trinajstić information content (AvgIpc) is 3.30. The minimum Gasteiger partial charge on any atom is -0.390 e. The zero-order valence-corrected chi connectivity index (χ0v) is 17.6. The second kappa shape index (κ2) is 7.51. The minimum absolute atomic E-state index is 0.209. The molecule has 2 aromatic heterocycles. The Hall–Kier alpha value is -3.16. The molecule has 2 heterocycles.